The quantitative estimate of drug-likeness (QED) is 0.923. The van der Waals surface area contributed by atoms with E-state index in [2.05, 4.69) is 15.4 Å². The molecule has 7 heteroatoms. The van der Waals surface area contributed by atoms with Gasteiger partial charge in [-0.05, 0) is 17.7 Å². The molecule has 0 bridgehead atoms. The molecule has 0 unspecified atom stereocenters. The molecular formula is C14H17F3N4. The minimum atomic E-state index is -4.33. The van der Waals surface area contributed by atoms with Crippen LogP contribution in [0.1, 0.15) is 30.8 Å². The van der Waals surface area contributed by atoms with E-state index in [4.69, 9.17) is 0 Å². The van der Waals surface area contributed by atoms with Gasteiger partial charge in [0, 0.05) is 6.04 Å². The Bertz CT molecular complexity index is 590. The van der Waals surface area contributed by atoms with Gasteiger partial charge in [-0.1, -0.05) is 26.0 Å². The van der Waals surface area contributed by atoms with Gasteiger partial charge in [0.15, 0.2) is 0 Å². The average molecular weight is 298 g/mol. The highest BCUT2D eigenvalue weighted by atomic mass is 19.4. The minimum Gasteiger partial charge on any atom is -0.308 e. The summed E-state index contributed by atoms with van der Waals surface area (Å²) in [5.41, 5.74) is -0.108. The van der Waals surface area contributed by atoms with Gasteiger partial charge in [-0.2, -0.15) is 18.3 Å². The Morgan fingerprint density at radius 3 is 2.71 bits per heavy atom. The van der Waals surface area contributed by atoms with Gasteiger partial charge in [-0.15, -0.1) is 0 Å². The number of rotatable bonds is 5. The Morgan fingerprint density at radius 2 is 2.05 bits per heavy atom. The van der Waals surface area contributed by atoms with Crippen molar-refractivity contribution in [2.24, 2.45) is 0 Å². The van der Waals surface area contributed by atoms with Crippen molar-refractivity contribution in [1.29, 1.82) is 0 Å². The number of benzene rings is 1. The number of nitrogens with zero attached hydrogens (tertiary/aromatic N) is 3. The van der Waals surface area contributed by atoms with Crippen LogP contribution >= 0.6 is 0 Å². The Kier molecular flexibility index (Phi) is 4.62. The Balaban J connectivity index is 2.14. The van der Waals surface area contributed by atoms with E-state index < -0.39 is 11.7 Å². The zero-order valence-electron chi connectivity index (χ0n) is 11.9. The van der Waals surface area contributed by atoms with Crippen LogP contribution in [0, 0.1) is 0 Å². The van der Waals surface area contributed by atoms with E-state index in [9.17, 15) is 13.2 Å². The van der Waals surface area contributed by atoms with E-state index in [0.29, 0.717) is 24.0 Å². The lowest BCUT2D eigenvalue weighted by Crippen LogP contribution is -2.24. The molecule has 0 aliphatic rings. The summed E-state index contributed by atoms with van der Waals surface area (Å²) < 4.78 is 39.7. The van der Waals surface area contributed by atoms with E-state index in [1.165, 1.54) is 12.4 Å². The van der Waals surface area contributed by atoms with Gasteiger partial charge < -0.3 is 5.32 Å². The van der Waals surface area contributed by atoms with E-state index >= 15 is 0 Å². The highest BCUT2D eigenvalue weighted by molar-refractivity contribution is 5.25. The van der Waals surface area contributed by atoms with Crippen molar-refractivity contribution >= 4 is 0 Å². The predicted octanol–water partition coefficient (Wildman–Crippen LogP) is 2.84. The van der Waals surface area contributed by atoms with Crippen molar-refractivity contribution in [1.82, 2.24) is 20.1 Å². The molecule has 2 rings (SSSR count). The second-order valence-corrected chi connectivity index (χ2v) is 5.07. The van der Waals surface area contributed by atoms with Crippen LogP contribution in [0.15, 0.2) is 30.6 Å². The van der Waals surface area contributed by atoms with Gasteiger partial charge in [0.05, 0.1) is 18.7 Å². The van der Waals surface area contributed by atoms with Crippen LogP contribution in [0.3, 0.4) is 0 Å². The summed E-state index contributed by atoms with van der Waals surface area (Å²) in [6.45, 7) is 4.80. The van der Waals surface area contributed by atoms with Crippen LogP contribution in [-0.2, 0) is 19.3 Å². The Labute approximate surface area is 121 Å². The van der Waals surface area contributed by atoms with Gasteiger partial charge in [0.25, 0.3) is 0 Å². The molecule has 1 N–H and O–H groups in total. The van der Waals surface area contributed by atoms with Crippen LogP contribution in [0.2, 0.25) is 0 Å². The van der Waals surface area contributed by atoms with Crippen molar-refractivity contribution in [3.63, 3.8) is 0 Å². The molecule has 0 fully saturated rings. The molecule has 1 aromatic carbocycles. The molecule has 1 heterocycles. The Hall–Kier alpha value is -1.89. The van der Waals surface area contributed by atoms with Crippen LogP contribution in [-0.4, -0.2) is 20.8 Å². The van der Waals surface area contributed by atoms with E-state index in [1.54, 1.807) is 10.7 Å². The molecular weight excluding hydrogens is 281 g/mol. The molecule has 2 aromatic rings. The van der Waals surface area contributed by atoms with Gasteiger partial charge in [0.2, 0.25) is 0 Å². The second kappa shape index (κ2) is 6.26. The fourth-order valence-corrected chi connectivity index (χ4v) is 1.87. The maximum absolute atomic E-state index is 12.7. The first-order valence-electron chi connectivity index (χ1n) is 6.62. The van der Waals surface area contributed by atoms with Crippen molar-refractivity contribution in [2.75, 3.05) is 0 Å². The van der Waals surface area contributed by atoms with Crippen LogP contribution in [0.5, 0.6) is 0 Å². The van der Waals surface area contributed by atoms with Crippen molar-refractivity contribution in [3.05, 3.63) is 47.5 Å². The molecule has 0 saturated carbocycles. The summed E-state index contributed by atoms with van der Waals surface area (Å²) in [7, 11) is 0. The highest BCUT2D eigenvalue weighted by Crippen LogP contribution is 2.29. The highest BCUT2D eigenvalue weighted by Gasteiger charge is 2.30. The standard InChI is InChI=1S/C14H17F3N4/c1-10(2)18-7-13-19-9-20-21(13)8-11-4-3-5-12(6-11)14(15,16)17/h3-6,9-10,18H,7-8H2,1-2H3. The zero-order valence-corrected chi connectivity index (χ0v) is 11.9. The molecule has 114 valence electrons. The molecule has 0 spiro atoms. The first-order chi connectivity index (χ1) is 9.86. The van der Waals surface area contributed by atoms with Gasteiger partial charge in [-0.25, -0.2) is 9.67 Å². The monoisotopic (exact) mass is 298 g/mol. The topological polar surface area (TPSA) is 42.7 Å². The first-order valence-corrected chi connectivity index (χ1v) is 6.62. The number of alkyl halides is 3. The van der Waals surface area contributed by atoms with Crippen LogP contribution < -0.4 is 5.32 Å². The van der Waals surface area contributed by atoms with E-state index in [1.807, 2.05) is 13.8 Å². The fourth-order valence-electron chi connectivity index (χ4n) is 1.87. The second-order valence-electron chi connectivity index (χ2n) is 5.07. The molecule has 0 atom stereocenters. The third-order valence-electron chi connectivity index (χ3n) is 2.95. The maximum atomic E-state index is 12.7. The minimum absolute atomic E-state index is 0.263. The van der Waals surface area contributed by atoms with Crippen LogP contribution in [0.4, 0.5) is 13.2 Å². The summed E-state index contributed by atoms with van der Waals surface area (Å²) in [6.07, 6.45) is -2.93. The number of aromatic nitrogens is 3. The normalized spacial score (nSPS) is 12.1. The zero-order chi connectivity index (χ0) is 15.5. The summed E-state index contributed by atoms with van der Waals surface area (Å²) in [4.78, 5) is 4.12. The van der Waals surface area contributed by atoms with Crippen molar-refractivity contribution < 1.29 is 13.2 Å². The molecule has 0 radical (unpaired) electrons. The fraction of sp³-hybridized carbons (Fsp3) is 0.429. The van der Waals surface area contributed by atoms with E-state index in [-0.39, 0.29) is 6.54 Å². The lowest BCUT2D eigenvalue weighted by Gasteiger charge is -2.11. The third kappa shape index (κ3) is 4.29. The average Bonchev–Trinajstić information content (AvgIpc) is 2.83. The molecule has 0 saturated heterocycles. The first kappa shape index (κ1) is 15.5. The van der Waals surface area contributed by atoms with Gasteiger partial charge in [-0.3, -0.25) is 0 Å². The van der Waals surface area contributed by atoms with Gasteiger partial charge >= 0.3 is 6.18 Å². The molecule has 21 heavy (non-hydrogen) atoms. The number of hydrogen-bond acceptors (Lipinski definition) is 3. The van der Waals surface area contributed by atoms with Crippen molar-refractivity contribution in [2.45, 2.75) is 39.2 Å². The number of hydrogen-bond donors (Lipinski definition) is 1. The van der Waals surface area contributed by atoms with Crippen molar-refractivity contribution in [3.8, 4) is 0 Å². The molecule has 1 aromatic heterocycles. The SMILES string of the molecule is CC(C)NCc1ncnn1Cc1cccc(C(F)(F)F)c1. The molecule has 0 aliphatic carbocycles. The number of nitrogens with one attached hydrogen (secondary N) is 1. The van der Waals surface area contributed by atoms with Gasteiger partial charge in [0.1, 0.15) is 12.2 Å². The molecule has 0 aliphatic heterocycles. The predicted molar refractivity (Wildman–Crippen MR) is 72.5 cm³/mol. The Morgan fingerprint density at radius 1 is 1.29 bits per heavy atom. The number of halogens is 3. The maximum Gasteiger partial charge on any atom is 0.416 e. The summed E-state index contributed by atoms with van der Waals surface area (Å²) >= 11 is 0. The largest absolute Gasteiger partial charge is 0.416 e. The third-order valence-corrected chi connectivity index (χ3v) is 2.95. The summed E-state index contributed by atoms with van der Waals surface area (Å²) in [5, 5.41) is 7.27. The summed E-state index contributed by atoms with van der Waals surface area (Å²) in [6, 6.07) is 5.55. The lowest BCUT2D eigenvalue weighted by atomic mass is 10.1. The molecule has 0 amide bonds. The molecule has 4 nitrogen and oxygen atoms in total. The lowest BCUT2D eigenvalue weighted by molar-refractivity contribution is -0.137. The smallest absolute Gasteiger partial charge is 0.308 e. The van der Waals surface area contributed by atoms with E-state index in [0.717, 1.165) is 12.1 Å². The van der Waals surface area contributed by atoms with Crippen LogP contribution in [0.25, 0.3) is 0 Å². The summed E-state index contributed by atoms with van der Waals surface area (Å²) in [5.74, 6) is 0.695.